The highest BCUT2D eigenvalue weighted by Crippen LogP contribution is 2.40. The number of nitrogens with zero attached hydrogens (tertiary/aromatic N) is 1. The van der Waals surface area contributed by atoms with E-state index in [0.717, 1.165) is 17.0 Å². The minimum absolute atomic E-state index is 0.0161. The van der Waals surface area contributed by atoms with Crippen LogP contribution in [0.25, 0.3) is 0 Å². The highest BCUT2D eigenvalue weighted by atomic mass is 19.4. The van der Waals surface area contributed by atoms with Crippen LogP contribution in [-0.4, -0.2) is 32.3 Å². The molecule has 0 aliphatic carbocycles. The number of alkyl halides is 3. The molecule has 0 heterocycles. The molecule has 0 bridgehead atoms. The Hall–Kier alpha value is -1.30. The molecule has 0 radical (unpaired) electrons. The standard InChI is InChI=1S/C11H13F4NO/c1-16(2)10(11(13,14)15)8-6-7(12)4-5-9(8)17-3/h4-6,10H,1-3H3. The maximum Gasteiger partial charge on any atom is 0.408 e. The Morgan fingerprint density at radius 2 is 1.82 bits per heavy atom. The first-order chi connectivity index (χ1) is 7.77. The summed E-state index contributed by atoms with van der Waals surface area (Å²) in [5.41, 5.74) is -0.231. The molecule has 0 amide bonds. The number of halogens is 4. The van der Waals surface area contributed by atoms with Gasteiger partial charge in [0.25, 0.3) is 0 Å². The van der Waals surface area contributed by atoms with Crippen LogP contribution in [-0.2, 0) is 0 Å². The van der Waals surface area contributed by atoms with Gasteiger partial charge in [0.2, 0.25) is 0 Å². The van der Waals surface area contributed by atoms with E-state index in [2.05, 4.69) is 0 Å². The number of rotatable bonds is 3. The molecule has 2 nitrogen and oxygen atoms in total. The summed E-state index contributed by atoms with van der Waals surface area (Å²) < 4.78 is 56.5. The summed E-state index contributed by atoms with van der Waals surface area (Å²) >= 11 is 0. The van der Waals surface area contributed by atoms with E-state index in [0.29, 0.717) is 0 Å². The van der Waals surface area contributed by atoms with Gasteiger partial charge in [-0.15, -0.1) is 0 Å². The smallest absolute Gasteiger partial charge is 0.408 e. The third-order valence-corrected chi connectivity index (χ3v) is 2.31. The number of ether oxygens (including phenoxy) is 1. The SMILES string of the molecule is COc1ccc(F)cc1C(N(C)C)C(F)(F)F. The van der Waals surface area contributed by atoms with Crippen molar-refractivity contribution in [2.24, 2.45) is 0 Å². The zero-order valence-corrected chi connectivity index (χ0v) is 9.68. The molecule has 0 aliphatic heterocycles. The molecule has 0 N–H and O–H groups in total. The largest absolute Gasteiger partial charge is 0.496 e. The van der Waals surface area contributed by atoms with Crippen LogP contribution >= 0.6 is 0 Å². The van der Waals surface area contributed by atoms with Gasteiger partial charge in [-0.1, -0.05) is 0 Å². The lowest BCUT2D eigenvalue weighted by molar-refractivity contribution is -0.179. The van der Waals surface area contributed by atoms with E-state index in [1.807, 2.05) is 0 Å². The second-order valence-electron chi connectivity index (χ2n) is 3.79. The Balaban J connectivity index is 3.32. The van der Waals surface area contributed by atoms with Gasteiger partial charge in [-0.3, -0.25) is 4.90 Å². The van der Waals surface area contributed by atoms with Crippen LogP contribution < -0.4 is 4.74 Å². The molecular weight excluding hydrogens is 238 g/mol. The first kappa shape index (κ1) is 13.8. The number of benzene rings is 1. The zero-order chi connectivity index (χ0) is 13.2. The third-order valence-electron chi connectivity index (χ3n) is 2.31. The van der Waals surface area contributed by atoms with Crippen LogP contribution in [0.5, 0.6) is 5.75 Å². The number of hydrogen-bond acceptors (Lipinski definition) is 2. The second kappa shape index (κ2) is 4.91. The molecule has 0 spiro atoms. The van der Waals surface area contributed by atoms with Gasteiger partial charge in [-0.25, -0.2) is 4.39 Å². The topological polar surface area (TPSA) is 12.5 Å². The fourth-order valence-electron chi connectivity index (χ4n) is 1.67. The lowest BCUT2D eigenvalue weighted by Gasteiger charge is -2.28. The minimum Gasteiger partial charge on any atom is -0.496 e. The van der Waals surface area contributed by atoms with Gasteiger partial charge in [-0.2, -0.15) is 13.2 Å². The summed E-state index contributed by atoms with van der Waals surface area (Å²) in [4.78, 5) is 0.970. The first-order valence-electron chi connectivity index (χ1n) is 4.84. The van der Waals surface area contributed by atoms with Crippen molar-refractivity contribution in [2.45, 2.75) is 12.2 Å². The molecule has 0 aliphatic rings. The van der Waals surface area contributed by atoms with E-state index >= 15 is 0 Å². The van der Waals surface area contributed by atoms with Gasteiger partial charge in [0.15, 0.2) is 0 Å². The first-order valence-corrected chi connectivity index (χ1v) is 4.84. The molecule has 1 aromatic carbocycles. The number of hydrogen-bond donors (Lipinski definition) is 0. The summed E-state index contributed by atoms with van der Waals surface area (Å²) in [7, 11) is 3.81. The van der Waals surface area contributed by atoms with Crippen molar-refractivity contribution < 1.29 is 22.3 Å². The molecule has 1 rings (SSSR count). The molecule has 17 heavy (non-hydrogen) atoms. The van der Waals surface area contributed by atoms with E-state index < -0.39 is 18.0 Å². The van der Waals surface area contributed by atoms with Gasteiger partial charge < -0.3 is 4.74 Å². The highest BCUT2D eigenvalue weighted by Gasteiger charge is 2.43. The molecule has 1 atom stereocenters. The Morgan fingerprint density at radius 3 is 2.24 bits per heavy atom. The molecule has 0 aromatic heterocycles. The summed E-state index contributed by atoms with van der Waals surface area (Å²) in [5, 5.41) is 0. The monoisotopic (exact) mass is 251 g/mol. The van der Waals surface area contributed by atoms with E-state index in [9.17, 15) is 17.6 Å². The fraction of sp³-hybridized carbons (Fsp3) is 0.455. The lowest BCUT2D eigenvalue weighted by Crippen LogP contribution is -2.33. The highest BCUT2D eigenvalue weighted by molar-refractivity contribution is 5.37. The average molecular weight is 251 g/mol. The van der Waals surface area contributed by atoms with Crippen LogP contribution in [0.2, 0.25) is 0 Å². The van der Waals surface area contributed by atoms with E-state index in [-0.39, 0.29) is 11.3 Å². The maximum absolute atomic E-state index is 13.1. The second-order valence-corrected chi connectivity index (χ2v) is 3.79. The average Bonchev–Trinajstić information content (AvgIpc) is 2.15. The Morgan fingerprint density at radius 1 is 1.24 bits per heavy atom. The van der Waals surface area contributed by atoms with Crippen molar-refractivity contribution in [3.05, 3.63) is 29.6 Å². The Labute approximate surface area is 96.8 Å². The van der Waals surface area contributed by atoms with Gasteiger partial charge in [0.1, 0.15) is 17.6 Å². The van der Waals surface area contributed by atoms with Gasteiger partial charge in [0, 0.05) is 5.56 Å². The molecule has 96 valence electrons. The van der Waals surface area contributed by atoms with Gasteiger partial charge in [0.05, 0.1) is 7.11 Å². The van der Waals surface area contributed by atoms with Crippen molar-refractivity contribution in [1.82, 2.24) is 4.90 Å². The fourth-order valence-corrected chi connectivity index (χ4v) is 1.67. The van der Waals surface area contributed by atoms with E-state index in [1.54, 1.807) is 0 Å². The van der Waals surface area contributed by atoms with Crippen molar-refractivity contribution >= 4 is 0 Å². The summed E-state index contributed by atoms with van der Waals surface area (Å²) in [6, 6.07) is 1.20. The number of methoxy groups -OCH3 is 1. The molecule has 0 saturated carbocycles. The van der Waals surface area contributed by atoms with Crippen molar-refractivity contribution in [3.8, 4) is 5.75 Å². The zero-order valence-electron chi connectivity index (χ0n) is 9.68. The molecule has 1 aromatic rings. The lowest BCUT2D eigenvalue weighted by atomic mass is 10.0. The Kier molecular flexibility index (Phi) is 3.98. The van der Waals surface area contributed by atoms with E-state index in [1.165, 1.54) is 27.3 Å². The van der Waals surface area contributed by atoms with Crippen LogP contribution in [0.4, 0.5) is 17.6 Å². The van der Waals surface area contributed by atoms with Crippen LogP contribution in [0, 0.1) is 5.82 Å². The van der Waals surface area contributed by atoms with E-state index in [4.69, 9.17) is 4.74 Å². The van der Waals surface area contributed by atoms with Gasteiger partial charge in [-0.05, 0) is 32.3 Å². The van der Waals surface area contributed by atoms with Gasteiger partial charge >= 0.3 is 6.18 Å². The quantitative estimate of drug-likeness (QED) is 0.766. The third kappa shape index (κ3) is 3.09. The van der Waals surface area contributed by atoms with Crippen LogP contribution in [0.1, 0.15) is 11.6 Å². The molecule has 0 saturated heterocycles. The van der Waals surface area contributed by atoms with Crippen molar-refractivity contribution in [2.75, 3.05) is 21.2 Å². The molecule has 1 unspecified atom stereocenters. The van der Waals surface area contributed by atoms with Crippen LogP contribution in [0.3, 0.4) is 0 Å². The normalized spacial score (nSPS) is 13.9. The predicted octanol–water partition coefficient (Wildman–Crippen LogP) is 3.00. The summed E-state index contributed by atoms with van der Waals surface area (Å²) in [6.45, 7) is 0. The summed E-state index contributed by atoms with van der Waals surface area (Å²) in [5.74, 6) is -0.709. The van der Waals surface area contributed by atoms with Crippen molar-refractivity contribution in [1.29, 1.82) is 0 Å². The van der Waals surface area contributed by atoms with Crippen LogP contribution in [0.15, 0.2) is 18.2 Å². The predicted molar refractivity (Wildman–Crippen MR) is 55.4 cm³/mol. The minimum atomic E-state index is -4.50. The molecule has 0 fully saturated rings. The summed E-state index contributed by atoms with van der Waals surface area (Å²) in [6.07, 6.45) is -4.50. The molecular formula is C11H13F4NO. The maximum atomic E-state index is 13.1. The molecule has 6 heteroatoms. The Bertz CT molecular complexity index is 390. The van der Waals surface area contributed by atoms with Crippen molar-refractivity contribution in [3.63, 3.8) is 0 Å².